The van der Waals surface area contributed by atoms with Gasteiger partial charge in [0.15, 0.2) is 0 Å². The van der Waals surface area contributed by atoms with Crippen molar-refractivity contribution in [2.24, 2.45) is 0 Å². The summed E-state index contributed by atoms with van der Waals surface area (Å²) < 4.78 is 31.6. The van der Waals surface area contributed by atoms with E-state index >= 15 is 4.39 Å². The first kappa shape index (κ1) is 31.9. The molecule has 0 unspecified atom stereocenters. The van der Waals surface area contributed by atoms with Crippen LogP contribution in [0.3, 0.4) is 0 Å². The number of ether oxygens (including phenoxy) is 3. The van der Waals surface area contributed by atoms with Crippen LogP contribution in [0, 0.1) is 5.82 Å². The summed E-state index contributed by atoms with van der Waals surface area (Å²) in [7, 11) is 5.20. The maximum absolute atomic E-state index is 15.1. The second-order valence-corrected chi connectivity index (χ2v) is 12.6. The molecule has 1 amide bonds. The number of carbonyl (C=O) groups is 2. The molecular formula is C32H43ClFN3O5. The van der Waals surface area contributed by atoms with Gasteiger partial charge in [0.1, 0.15) is 34.3 Å². The number of nitrogens with zero attached hydrogens (tertiary/aromatic N) is 2. The predicted octanol–water partition coefficient (Wildman–Crippen LogP) is 6.29. The molecule has 1 saturated heterocycles. The molecule has 2 fully saturated rings. The summed E-state index contributed by atoms with van der Waals surface area (Å²) in [5.41, 5.74) is 2.67. The maximum atomic E-state index is 15.1. The third-order valence-electron chi connectivity index (χ3n) is 8.15. The molecule has 1 heterocycles. The molecule has 1 aliphatic carbocycles. The molecule has 0 spiro atoms. The van der Waals surface area contributed by atoms with Crippen molar-refractivity contribution in [3.63, 3.8) is 0 Å². The monoisotopic (exact) mass is 603 g/mol. The zero-order chi connectivity index (χ0) is 30.6. The first-order valence-corrected chi connectivity index (χ1v) is 15.0. The fourth-order valence-electron chi connectivity index (χ4n) is 6.05. The number of halogens is 2. The van der Waals surface area contributed by atoms with Crippen molar-refractivity contribution >= 4 is 29.4 Å². The summed E-state index contributed by atoms with van der Waals surface area (Å²) in [4.78, 5) is 28.7. The predicted molar refractivity (Wildman–Crippen MR) is 162 cm³/mol. The standard InChI is InChI=1S/C32H43ClFN3O5/c1-32(2,3)42-31(39)37-19-24(17-27(37)30(38)40-6)41-28-16-23(15-26(34)29(28)33)36(5)22-13-11-20(12-14-22)25-10-8-7-9-21(25)18-35-4/h7-10,15-16,20,22,24,27,35H,11-14,17-19H2,1-6H3/t20-,22-,24-,27-/m0/s1. The maximum Gasteiger partial charge on any atom is 0.411 e. The summed E-state index contributed by atoms with van der Waals surface area (Å²) in [6, 6.07) is 11.1. The number of carbonyl (C=O) groups excluding carboxylic acids is 2. The molecule has 2 aliphatic rings. The average Bonchev–Trinajstić information content (AvgIpc) is 3.38. The average molecular weight is 604 g/mol. The Balaban J connectivity index is 1.46. The van der Waals surface area contributed by atoms with Gasteiger partial charge in [-0.25, -0.2) is 14.0 Å². The Morgan fingerprint density at radius 2 is 1.83 bits per heavy atom. The normalized spacial score (nSPS) is 22.5. The van der Waals surface area contributed by atoms with Crippen LogP contribution in [0.5, 0.6) is 5.75 Å². The van der Waals surface area contributed by atoms with Crippen LogP contribution in [0.4, 0.5) is 14.9 Å². The number of nitrogens with one attached hydrogen (secondary N) is 1. The van der Waals surface area contributed by atoms with E-state index in [4.69, 9.17) is 25.8 Å². The van der Waals surface area contributed by atoms with Crippen molar-refractivity contribution in [3.8, 4) is 5.75 Å². The number of methoxy groups -OCH3 is 1. The van der Waals surface area contributed by atoms with Crippen molar-refractivity contribution in [2.45, 2.75) is 89.1 Å². The molecule has 2 aromatic carbocycles. The molecule has 42 heavy (non-hydrogen) atoms. The van der Waals surface area contributed by atoms with Gasteiger partial charge in [-0.2, -0.15) is 0 Å². The van der Waals surface area contributed by atoms with E-state index in [0.29, 0.717) is 11.6 Å². The lowest BCUT2D eigenvalue weighted by atomic mass is 9.79. The number of hydrogen-bond acceptors (Lipinski definition) is 7. The Kier molecular flexibility index (Phi) is 10.3. The van der Waals surface area contributed by atoms with Gasteiger partial charge in [-0.1, -0.05) is 35.9 Å². The van der Waals surface area contributed by atoms with Crippen LogP contribution in [0.25, 0.3) is 0 Å². The summed E-state index contributed by atoms with van der Waals surface area (Å²) in [5.74, 6) is -0.481. The Morgan fingerprint density at radius 1 is 1.14 bits per heavy atom. The molecule has 1 saturated carbocycles. The zero-order valence-corrected chi connectivity index (χ0v) is 26.2. The van der Waals surface area contributed by atoms with E-state index in [0.717, 1.165) is 32.2 Å². The minimum atomic E-state index is -0.877. The lowest BCUT2D eigenvalue weighted by Gasteiger charge is -2.37. The molecule has 10 heteroatoms. The molecule has 2 aromatic rings. The fraction of sp³-hybridized carbons (Fsp3) is 0.562. The molecule has 0 bridgehead atoms. The van der Waals surface area contributed by atoms with Crippen LogP contribution in [0.1, 0.15) is 69.9 Å². The topological polar surface area (TPSA) is 80.3 Å². The van der Waals surface area contributed by atoms with Crippen molar-refractivity contribution in [2.75, 3.05) is 32.6 Å². The van der Waals surface area contributed by atoms with E-state index in [2.05, 4.69) is 34.5 Å². The van der Waals surface area contributed by atoms with Gasteiger partial charge in [0.25, 0.3) is 0 Å². The Bertz CT molecular complexity index is 1260. The summed E-state index contributed by atoms with van der Waals surface area (Å²) in [5, 5.41) is 3.13. The van der Waals surface area contributed by atoms with Gasteiger partial charge < -0.3 is 24.4 Å². The summed E-state index contributed by atoms with van der Waals surface area (Å²) >= 11 is 6.35. The minimum Gasteiger partial charge on any atom is -0.487 e. The van der Waals surface area contributed by atoms with Crippen molar-refractivity contribution in [3.05, 3.63) is 58.4 Å². The van der Waals surface area contributed by atoms with Crippen molar-refractivity contribution < 1.29 is 28.2 Å². The molecule has 8 nitrogen and oxygen atoms in total. The van der Waals surface area contributed by atoms with Crippen molar-refractivity contribution in [1.82, 2.24) is 10.2 Å². The molecule has 1 N–H and O–H groups in total. The molecule has 230 valence electrons. The lowest BCUT2D eigenvalue weighted by molar-refractivity contribution is -0.145. The molecule has 2 atom stereocenters. The highest BCUT2D eigenvalue weighted by Gasteiger charge is 2.43. The number of rotatable bonds is 8. The number of anilines is 1. The van der Waals surface area contributed by atoms with E-state index < -0.39 is 35.6 Å². The quantitative estimate of drug-likeness (QED) is 0.355. The van der Waals surface area contributed by atoms with Gasteiger partial charge >= 0.3 is 12.1 Å². The number of likely N-dealkylation sites (tertiary alicyclic amines) is 1. The first-order chi connectivity index (χ1) is 19.9. The highest BCUT2D eigenvalue weighted by atomic mass is 35.5. The number of hydrogen-bond donors (Lipinski definition) is 1. The third-order valence-corrected chi connectivity index (χ3v) is 8.52. The van der Waals surface area contributed by atoms with Gasteiger partial charge in [-0.15, -0.1) is 0 Å². The van der Waals surface area contributed by atoms with Crippen LogP contribution in [-0.4, -0.2) is 68.5 Å². The zero-order valence-electron chi connectivity index (χ0n) is 25.4. The van der Waals surface area contributed by atoms with E-state index in [-0.39, 0.29) is 29.8 Å². The van der Waals surface area contributed by atoms with Crippen LogP contribution in [0.2, 0.25) is 5.02 Å². The van der Waals surface area contributed by atoms with Crippen LogP contribution >= 0.6 is 11.6 Å². The van der Waals surface area contributed by atoms with Gasteiger partial charge in [0.05, 0.1) is 13.7 Å². The van der Waals surface area contributed by atoms with Gasteiger partial charge in [-0.05, 0) is 76.6 Å². The molecule has 0 radical (unpaired) electrons. The van der Waals surface area contributed by atoms with E-state index in [9.17, 15) is 9.59 Å². The summed E-state index contributed by atoms with van der Waals surface area (Å²) in [6.45, 7) is 6.18. The van der Waals surface area contributed by atoms with Crippen LogP contribution < -0.4 is 15.0 Å². The fourth-order valence-corrected chi connectivity index (χ4v) is 6.21. The van der Waals surface area contributed by atoms with Crippen LogP contribution in [0.15, 0.2) is 36.4 Å². The molecule has 1 aliphatic heterocycles. The third kappa shape index (κ3) is 7.48. The molecular weight excluding hydrogens is 561 g/mol. The number of amides is 1. The smallest absolute Gasteiger partial charge is 0.411 e. The first-order valence-electron chi connectivity index (χ1n) is 14.6. The van der Waals surface area contributed by atoms with Gasteiger partial charge in [-0.3, -0.25) is 4.90 Å². The Labute approximate surface area is 253 Å². The minimum absolute atomic E-state index is 0.0751. The van der Waals surface area contributed by atoms with Crippen LogP contribution in [-0.2, 0) is 20.8 Å². The number of esters is 1. The van der Waals surface area contributed by atoms with Crippen molar-refractivity contribution in [1.29, 1.82) is 0 Å². The second-order valence-electron chi connectivity index (χ2n) is 12.2. The Morgan fingerprint density at radius 3 is 2.48 bits per heavy atom. The largest absolute Gasteiger partial charge is 0.487 e. The van der Waals surface area contributed by atoms with E-state index in [1.54, 1.807) is 26.8 Å². The highest BCUT2D eigenvalue weighted by molar-refractivity contribution is 6.32. The number of benzene rings is 2. The lowest BCUT2D eigenvalue weighted by Crippen LogP contribution is -2.44. The SMILES string of the molecule is CNCc1ccccc1[C@H]1CC[C@H](N(C)c2cc(F)c(Cl)c(O[C@H]3C[C@@H](C(=O)OC)N(C(=O)OC(C)(C)C)C3)c2)CC1. The van der Waals surface area contributed by atoms with E-state index in [1.165, 1.54) is 29.2 Å². The van der Waals surface area contributed by atoms with Gasteiger partial charge in [0, 0.05) is 37.8 Å². The summed E-state index contributed by atoms with van der Waals surface area (Å²) in [6.07, 6.45) is 2.97. The molecule has 0 aromatic heterocycles. The highest BCUT2D eigenvalue weighted by Crippen LogP contribution is 2.40. The Hall–Kier alpha value is -3.04. The second kappa shape index (κ2) is 13.5. The van der Waals surface area contributed by atoms with E-state index in [1.807, 2.05) is 14.1 Å². The van der Waals surface area contributed by atoms with Gasteiger partial charge in [0.2, 0.25) is 0 Å². The molecule has 4 rings (SSSR count).